The summed E-state index contributed by atoms with van der Waals surface area (Å²) in [5.74, 6) is -4.88. The molecular formula is C35H51F3N10O8. The van der Waals surface area contributed by atoms with E-state index in [0.29, 0.717) is 25.5 Å². The van der Waals surface area contributed by atoms with Crippen LogP contribution in [-0.4, -0.2) is 78.7 Å². The van der Waals surface area contributed by atoms with Crippen molar-refractivity contribution in [2.45, 2.75) is 102 Å². The monoisotopic (exact) mass is 796 g/mol. The molecule has 2 rings (SSSR count). The standard InChI is InChI=1S/C35H51F3N10O8/c1-18(2)15-26(48-32(54)25(11-12-28(40)50)47-31(53)23(44-19(3)49)7-4-5-13-39)33(55)46-24(8-6-14-43-34(41)42)30(52)45-20-9-10-21-22(35(36,37)38)17-29(51)56-27(21)16-20/h9-10,16-18,23-26H,4-8,11-15,39H2,1-3H3,(H2,40,50)(H,44,49)(H,45,52)(H,46,55)(H,47,53)(H,48,54)(H4,41,42,43)/t23-,24-,25-,26-/m0/s1. The topological polar surface area (TPSA) is 309 Å². The summed E-state index contributed by atoms with van der Waals surface area (Å²) in [7, 11) is 0. The fraction of sp³-hybridized carbons (Fsp3) is 0.543. The Hall–Kier alpha value is -5.73. The molecule has 0 radical (unpaired) electrons. The summed E-state index contributed by atoms with van der Waals surface area (Å²) in [4.78, 5) is 93.5. The van der Waals surface area contributed by atoms with Crippen LogP contribution in [0.1, 0.15) is 77.7 Å². The van der Waals surface area contributed by atoms with Gasteiger partial charge in [0.25, 0.3) is 0 Å². The molecule has 0 saturated heterocycles. The van der Waals surface area contributed by atoms with E-state index in [4.69, 9.17) is 27.4 Å². The Bertz CT molecular complexity index is 1800. The number of alkyl halides is 3. The van der Waals surface area contributed by atoms with Gasteiger partial charge in [-0.05, 0) is 69.5 Å². The molecule has 21 heteroatoms. The first-order valence-electron chi connectivity index (χ1n) is 17.9. The Morgan fingerprint density at radius 1 is 0.786 bits per heavy atom. The van der Waals surface area contributed by atoms with Crippen molar-refractivity contribution in [1.29, 1.82) is 0 Å². The van der Waals surface area contributed by atoms with E-state index in [1.54, 1.807) is 13.8 Å². The van der Waals surface area contributed by atoms with Crippen LogP contribution in [0.3, 0.4) is 0 Å². The van der Waals surface area contributed by atoms with Gasteiger partial charge in [0, 0.05) is 43.1 Å². The highest BCUT2D eigenvalue weighted by Gasteiger charge is 2.35. The quantitative estimate of drug-likeness (QED) is 0.0336. The highest BCUT2D eigenvalue weighted by atomic mass is 19.4. The lowest BCUT2D eigenvalue weighted by Crippen LogP contribution is -2.58. The van der Waals surface area contributed by atoms with Crippen LogP contribution in [0.15, 0.2) is 38.5 Å². The van der Waals surface area contributed by atoms with Crippen LogP contribution in [0.5, 0.6) is 0 Å². The van der Waals surface area contributed by atoms with Gasteiger partial charge >= 0.3 is 11.8 Å². The molecule has 1 aromatic heterocycles. The number of carbonyl (C=O) groups excluding carboxylic acids is 6. The molecule has 310 valence electrons. The summed E-state index contributed by atoms with van der Waals surface area (Å²) in [6, 6.07) is -1.47. The summed E-state index contributed by atoms with van der Waals surface area (Å²) < 4.78 is 45.6. The molecule has 13 N–H and O–H groups in total. The van der Waals surface area contributed by atoms with Crippen LogP contribution in [0.25, 0.3) is 11.0 Å². The molecule has 0 unspecified atom stereocenters. The predicted molar refractivity (Wildman–Crippen MR) is 200 cm³/mol. The van der Waals surface area contributed by atoms with E-state index < -0.39 is 87.9 Å². The minimum Gasteiger partial charge on any atom is -0.423 e. The number of hydrogen-bond donors (Lipinski definition) is 9. The van der Waals surface area contributed by atoms with Gasteiger partial charge in [-0.3, -0.25) is 33.8 Å². The third-order valence-corrected chi connectivity index (χ3v) is 8.19. The molecule has 0 aliphatic rings. The molecule has 2 aromatic rings. The molecule has 4 atom stereocenters. The maximum absolute atomic E-state index is 13.8. The number of hydrogen-bond acceptors (Lipinski definition) is 10. The second kappa shape index (κ2) is 22.0. The van der Waals surface area contributed by atoms with Crippen molar-refractivity contribution in [3.63, 3.8) is 0 Å². The lowest BCUT2D eigenvalue weighted by molar-refractivity contribution is -0.136. The van der Waals surface area contributed by atoms with Crippen LogP contribution in [-0.2, 0) is 34.9 Å². The first kappa shape index (κ1) is 46.4. The van der Waals surface area contributed by atoms with Crippen molar-refractivity contribution in [2.24, 2.45) is 33.8 Å². The van der Waals surface area contributed by atoms with Gasteiger partial charge in [-0.25, -0.2) is 4.79 Å². The number of halogens is 3. The lowest BCUT2D eigenvalue weighted by atomic mass is 10.0. The molecule has 0 spiro atoms. The third kappa shape index (κ3) is 15.9. The fourth-order valence-corrected chi connectivity index (χ4v) is 5.56. The minimum atomic E-state index is -4.86. The summed E-state index contributed by atoms with van der Waals surface area (Å²) in [6.45, 7) is 5.16. The number of anilines is 1. The van der Waals surface area contributed by atoms with E-state index in [2.05, 4.69) is 31.6 Å². The molecule has 0 fully saturated rings. The number of carbonyl (C=O) groups is 6. The third-order valence-electron chi connectivity index (χ3n) is 8.19. The Balaban J connectivity index is 2.38. The number of fused-ring (bicyclic) bond motifs is 1. The van der Waals surface area contributed by atoms with Gasteiger partial charge in [-0.2, -0.15) is 13.2 Å². The van der Waals surface area contributed by atoms with E-state index in [-0.39, 0.29) is 62.6 Å². The number of nitrogens with zero attached hydrogens (tertiary/aromatic N) is 1. The van der Waals surface area contributed by atoms with E-state index >= 15 is 0 Å². The number of primary amides is 1. The zero-order chi connectivity index (χ0) is 42.2. The lowest BCUT2D eigenvalue weighted by Gasteiger charge is -2.27. The summed E-state index contributed by atoms with van der Waals surface area (Å²) >= 11 is 0. The Labute approximate surface area is 320 Å². The first-order valence-corrected chi connectivity index (χ1v) is 17.9. The van der Waals surface area contributed by atoms with Crippen molar-refractivity contribution in [3.8, 4) is 0 Å². The molecular weight excluding hydrogens is 745 g/mol. The maximum atomic E-state index is 13.8. The van der Waals surface area contributed by atoms with Gasteiger partial charge in [0.2, 0.25) is 35.4 Å². The number of nitrogens with two attached hydrogens (primary N) is 4. The molecule has 56 heavy (non-hydrogen) atoms. The van der Waals surface area contributed by atoms with Crippen LogP contribution >= 0.6 is 0 Å². The highest BCUT2D eigenvalue weighted by Crippen LogP contribution is 2.34. The zero-order valence-corrected chi connectivity index (χ0v) is 31.4. The highest BCUT2D eigenvalue weighted by molar-refractivity contribution is 6.00. The molecule has 18 nitrogen and oxygen atoms in total. The van der Waals surface area contributed by atoms with Crippen molar-refractivity contribution in [3.05, 3.63) is 40.2 Å². The molecule has 1 aromatic carbocycles. The number of benzene rings is 1. The average Bonchev–Trinajstić information content (AvgIpc) is 3.08. The van der Waals surface area contributed by atoms with Gasteiger partial charge in [-0.1, -0.05) is 13.8 Å². The smallest absolute Gasteiger partial charge is 0.417 e. The molecule has 0 bridgehead atoms. The van der Waals surface area contributed by atoms with Gasteiger partial charge < -0.3 is 53.9 Å². The first-order chi connectivity index (χ1) is 26.2. The SMILES string of the molecule is CC(=O)N[C@@H](CCCCN)C(=O)N[C@@H](CCC(N)=O)C(=O)N[C@@H](CC(C)C)C(=O)N[C@@H](CCCN=C(N)N)C(=O)Nc1ccc2c(C(F)(F)F)cc(=O)oc2c1. The fourth-order valence-electron chi connectivity index (χ4n) is 5.56. The van der Waals surface area contributed by atoms with Crippen LogP contribution < -0.4 is 55.1 Å². The molecule has 0 aliphatic carbocycles. The van der Waals surface area contributed by atoms with Crippen molar-refractivity contribution < 1.29 is 46.4 Å². The zero-order valence-electron chi connectivity index (χ0n) is 31.4. The number of amides is 6. The van der Waals surface area contributed by atoms with E-state index in [9.17, 15) is 46.7 Å². The average molecular weight is 797 g/mol. The largest absolute Gasteiger partial charge is 0.423 e. The van der Waals surface area contributed by atoms with Crippen molar-refractivity contribution in [1.82, 2.24) is 21.3 Å². The van der Waals surface area contributed by atoms with Gasteiger partial charge in [0.05, 0.1) is 5.56 Å². The molecule has 0 saturated carbocycles. The second-order valence-electron chi connectivity index (χ2n) is 13.5. The van der Waals surface area contributed by atoms with E-state index in [1.165, 1.54) is 6.92 Å². The maximum Gasteiger partial charge on any atom is 0.417 e. The molecule has 1 heterocycles. The molecule has 0 aliphatic heterocycles. The summed E-state index contributed by atoms with van der Waals surface area (Å²) in [5.41, 5.74) is 18.7. The Morgan fingerprint density at radius 3 is 1.91 bits per heavy atom. The minimum absolute atomic E-state index is 0.0508. The Kier molecular flexibility index (Phi) is 18.2. The van der Waals surface area contributed by atoms with E-state index in [1.807, 2.05) is 0 Å². The second-order valence-corrected chi connectivity index (χ2v) is 13.5. The van der Waals surface area contributed by atoms with Crippen LogP contribution in [0.2, 0.25) is 0 Å². The number of aliphatic imine (C=N–C) groups is 1. The summed E-state index contributed by atoms with van der Waals surface area (Å²) in [6.07, 6.45) is -3.99. The van der Waals surface area contributed by atoms with Gasteiger partial charge in [0.15, 0.2) is 5.96 Å². The number of guanidine groups is 1. The van der Waals surface area contributed by atoms with Crippen LogP contribution in [0.4, 0.5) is 18.9 Å². The normalized spacial score (nSPS) is 13.5. The summed E-state index contributed by atoms with van der Waals surface area (Å²) in [5, 5.41) is 12.3. The number of unbranched alkanes of at least 4 members (excludes halogenated alkanes) is 1. The van der Waals surface area contributed by atoms with Crippen LogP contribution in [0, 0.1) is 5.92 Å². The van der Waals surface area contributed by atoms with Gasteiger partial charge in [-0.15, -0.1) is 0 Å². The molecule has 6 amide bonds. The van der Waals surface area contributed by atoms with Gasteiger partial charge in [0.1, 0.15) is 29.8 Å². The van der Waals surface area contributed by atoms with Crippen molar-refractivity contribution >= 4 is 58.1 Å². The van der Waals surface area contributed by atoms with E-state index in [0.717, 1.165) is 18.2 Å². The predicted octanol–water partition coefficient (Wildman–Crippen LogP) is 0.204. The Morgan fingerprint density at radius 2 is 1.36 bits per heavy atom. The number of rotatable bonds is 22. The van der Waals surface area contributed by atoms with Crippen molar-refractivity contribution in [2.75, 3.05) is 18.4 Å². The number of nitrogens with one attached hydrogen (secondary N) is 5.